The predicted octanol–water partition coefficient (Wildman–Crippen LogP) is 7.17. The Kier molecular flexibility index (Phi) is 14.5. The first-order valence-corrected chi connectivity index (χ1v) is 26.6. The molecular weight excluding hydrogens is 1090 g/mol. The Morgan fingerprint density at radius 3 is 2.07 bits per heavy atom. The van der Waals surface area contributed by atoms with Gasteiger partial charge in [0, 0.05) is 11.1 Å². The molecule has 0 spiro atoms. The highest BCUT2D eigenvalue weighted by atomic mass is 32.2. The standard InChI is InChI=1S/C41H29N11O18S5/c42-33-32-22(15-29(71-70-69-56)34(36(32)53)50-49-27-12-10-20-5-1-2-9-26(20)37(27)75(66,67)68)16-31(74(63,64)65)35(33)51-48-24-11-13-30(73(60,61)62)28(18-24)44-40-45-39(43-23-7-3-8-25(17-23)72(57,58)59)46-41(47-40)52-14-4-6-21(19-52)38(54)55/h1-19H,(H10-,42,43,44,45,46,47,48,49,53,54,55,56,57,58,59,60,61,62,63,64,65,66,67,68)/p+1. The number of benzene rings is 6. The number of nitrogens with zero attached hydrogens (tertiary/aromatic N) is 8. The van der Waals surface area contributed by atoms with Crippen molar-refractivity contribution in [2.75, 3.05) is 16.4 Å². The summed E-state index contributed by atoms with van der Waals surface area (Å²) in [6, 6.07) is 20.5. The number of hydrogen-bond donors (Lipinski definition) is 10. The number of phenols is 1. The van der Waals surface area contributed by atoms with Crippen molar-refractivity contribution in [2.45, 2.75) is 24.5 Å². The van der Waals surface area contributed by atoms with Crippen LogP contribution in [0.5, 0.6) is 5.75 Å². The number of fused-ring (bicyclic) bond motifs is 2. The van der Waals surface area contributed by atoms with Gasteiger partial charge in [-0.2, -0.15) is 38.8 Å². The van der Waals surface area contributed by atoms with Crippen LogP contribution in [-0.2, 0) is 49.8 Å². The Morgan fingerprint density at radius 1 is 0.680 bits per heavy atom. The molecule has 0 fully saturated rings. The zero-order valence-electron chi connectivity index (χ0n) is 36.8. The molecule has 75 heavy (non-hydrogen) atoms. The lowest BCUT2D eigenvalue weighted by Crippen LogP contribution is -2.34. The van der Waals surface area contributed by atoms with Gasteiger partial charge in [0.05, 0.1) is 62.2 Å². The number of aromatic carboxylic acids is 1. The number of nitrogens with one attached hydrogen (secondary N) is 2. The van der Waals surface area contributed by atoms with Gasteiger partial charge >= 0.3 is 23.8 Å². The first-order chi connectivity index (χ1) is 35.3. The number of pyridine rings is 1. The van der Waals surface area contributed by atoms with Crippen molar-refractivity contribution in [3.05, 3.63) is 121 Å². The number of nitrogens with two attached hydrogens (primary N) is 1. The van der Waals surface area contributed by atoms with Gasteiger partial charge in [0.25, 0.3) is 40.5 Å². The van der Waals surface area contributed by atoms with Gasteiger partial charge in [0.2, 0.25) is 0 Å². The van der Waals surface area contributed by atoms with Crippen LogP contribution in [0.25, 0.3) is 27.5 Å². The van der Waals surface area contributed by atoms with Crippen LogP contribution in [0.2, 0.25) is 0 Å². The normalized spacial score (nSPS) is 12.5. The topological polar surface area (TPSA) is 456 Å². The van der Waals surface area contributed by atoms with Crippen LogP contribution < -0.4 is 20.9 Å². The van der Waals surface area contributed by atoms with E-state index in [4.69, 9.17) is 11.0 Å². The molecule has 8 rings (SSSR count). The number of carbonyl (C=O) groups is 1. The van der Waals surface area contributed by atoms with Gasteiger partial charge < -0.3 is 26.6 Å². The molecule has 6 aromatic carbocycles. The van der Waals surface area contributed by atoms with E-state index < -0.39 is 112 Å². The minimum Gasteiger partial charge on any atom is -0.505 e. The smallest absolute Gasteiger partial charge is 0.444 e. The van der Waals surface area contributed by atoms with E-state index in [1.165, 1.54) is 54.7 Å². The summed E-state index contributed by atoms with van der Waals surface area (Å²) in [6.45, 7) is 0. The summed E-state index contributed by atoms with van der Waals surface area (Å²) in [6.07, 6.45) is 2.43. The largest absolute Gasteiger partial charge is 0.505 e. The molecule has 0 radical (unpaired) electrons. The van der Waals surface area contributed by atoms with Gasteiger partial charge in [-0.3, -0.25) is 18.2 Å². The van der Waals surface area contributed by atoms with Crippen molar-refractivity contribution in [2.24, 2.45) is 20.5 Å². The monoisotopic (exact) mass is 1120 g/mol. The fourth-order valence-corrected chi connectivity index (χ4v) is 10.2. The van der Waals surface area contributed by atoms with Crippen LogP contribution in [0.15, 0.2) is 160 Å². The van der Waals surface area contributed by atoms with Crippen molar-refractivity contribution in [3.63, 3.8) is 0 Å². The molecule has 0 aliphatic carbocycles. The highest BCUT2D eigenvalue weighted by molar-refractivity contribution is 7.94. The molecule has 11 N–H and O–H groups in total. The Balaban J connectivity index is 1.24. The minimum atomic E-state index is -5.30. The zero-order chi connectivity index (χ0) is 54.2. The first kappa shape index (κ1) is 53.0. The number of anilines is 5. The van der Waals surface area contributed by atoms with Crippen molar-refractivity contribution in [3.8, 4) is 11.7 Å². The summed E-state index contributed by atoms with van der Waals surface area (Å²) in [7, 11) is -20.1. The van der Waals surface area contributed by atoms with Crippen molar-refractivity contribution in [1.29, 1.82) is 0 Å². The van der Waals surface area contributed by atoms with Crippen LogP contribution in [0, 0.1) is 0 Å². The van der Waals surface area contributed by atoms with E-state index in [0.29, 0.717) is 5.39 Å². The predicted molar refractivity (Wildman–Crippen MR) is 260 cm³/mol. The summed E-state index contributed by atoms with van der Waals surface area (Å²) < 4.78 is 146. The molecule has 34 heteroatoms. The summed E-state index contributed by atoms with van der Waals surface area (Å²) >= 11 is 0.181. The van der Waals surface area contributed by atoms with E-state index in [1.54, 1.807) is 12.1 Å². The van der Waals surface area contributed by atoms with Crippen LogP contribution in [0.1, 0.15) is 10.4 Å². The molecule has 8 aromatic rings. The number of phenolic OH excluding ortho intramolecular Hbond substituents is 1. The number of rotatable bonds is 17. The van der Waals surface area contributed by atoms with E-state index in [2.05, 4.69) is 55.4 Å². The van der Waals surface area contributed by atoms with Gasteiger partial charge in [-0.1, -0.05) is 41.4 Å². The van der Waals surface area contributed by atoms with E-state index in [0.717, 1.165) is 53.2 Å². The molecule has 0 atom stereocenters. The lowest BCUT2D eigenvalue weighted by Gasteiger charge is -2.14. The lowest BCUT2D eigenvalue weighted by atomic mass is 10.1. The Bertz CT molecular complexity index is 4210. The number of aromatic nitrogens is 4. The maximum absolute atomic E-state index is 12.9. The number of carboxylic acids is 1. The molecule has 0 aliphatic rings. The van der Waals surface area contributed by atoms with Crippen molar-refractivity contribution >= 4 is 132 Å². The quantitative estimate of drug-likeness (QED) is 0.00821. The third-order valence-corrected chi connectivity index (χ3v) is 14.4. The molecule has 2 aromatic heterocycles. The minimum absolute atomic E-state index is 0.00960. The fourth-order valence-electron chi connectivity index (χ4n) is 7.02. The van der Waals surface area contributed by atoms with E-state index in [-0.39, 0.29) is 56.5 Å². The maximum atomic E-state index is 12.9. The lowest BCUT2D eigenvalue weighted by molar-refractivity contribution is -0.603. The number of hydrogen-bond acceptors (Lipinski definition) is 24. The van der Waals surface area contributed by atoms with E-state index >= 15 is 0 Å². The van der Waals surface area contributed by atoms with Gasteiger partial charge in [-0.25, -0.2) is 14.6 Å². The van der Waals surface area contributed by atoms with Crippen LogP contribution in [-0.4, -0.2) is 88.3 Å². The molecule has 0 aliphatic heterocycles. The molecular formula is C41H30N11O18S5+. The molecule has 0 bridgehead atoms. The molecule has 2 heterocycles. The first-order valence-electron chi connectivity index (χ1n) is 20.1. The van der Waals surface area contributed by atoms with E-state index in [1.807, 2.05) is 0 Å². The van der Waals surface area contributed by atoms with Crippen molar-refractivity contribution in [1.82, 2.24) is 15.0 Å². The second-order valence-electron chi connectivity index (χ2n) is 15.0. The third-order valence-electron chi connectivity index (χ3n) is 10.2. The van der Waals surface area contributed by atoms with E-state index in [9.17, 15) is 66.9 Å². The maximum Gasteiger partial charge on any atom is 0.444 e. The number of aromatic hydroxyl groups is 1. The van der Waals surface area contributed by atoms with Crippen LogP contribution in [0.3, 0.4) is 0 Å². The van der Waals surface area contributed by atoms with Crippen LogP contribution >= 0.6 is 12.0 Å². The summed E-state index contributed by atoms with van der Waals surface area (Å²) in [5.41, 5.74) is 2.74. The molecule has 0 saturated carbocycles. The van der Waals surface area contributed by atoms with Gasteiger partial charge in [0.15, 0.2) is 5.75 Å². The summed E-state index contributed by atoms with van der Waals surface area (Å²) in [5.74, 6) is -3.51. The Hall–Kier alpha value is -8.26. The Labute approximate surface area is 424 Å². The number of nitrogen functional groups attached to an aromatic ring is 1. The fraction of sp³-hybridized carbons (Fsp3) is 0. The highest BCUT2D eigenvalue weighted by Crippen LogP contribution is 2.50. The number of azo groups is 2. The third kappa shape index (κ3) is 11.8. The highest BCUT2D eigenvalue weighted by Gasteiger charge is 2.28. The molecule has 0 saturated heterocycles. The molecule has 29 nitrogen and oxygen atoms in total. The molecule has 386 valence electrons. The summed E-state index contributed by atoms with van der Waals surface area (Å²) in [5, 5.41) is 54.7. The second kappa shape index (κ2) is 20.6. The average molecular weight is 1130 g/mol. The second-order valence-corrected chi connectivity index (χ2v) is 21.3. The van der Waals surface area contributed by atoms with Gasteiger partial charge in [-0.15, -0.1) is 24.7 Å². The zero-order valence-corrected chi connectivity index (χ0v) is 40.9. The van der Waals surface area contributed by atoms with Crippen molar-refractivity contribution < 1.29 is 86.1 Å². The summed E-state index contributed by atoms with van der Waals surface area (Å²) in [4.78, 5) is 21.1. The average Bonchev–Trinajstić information content (AvgIpc) is 3.33. The molecule has 0 amide bonds. The SMILES string of the molecule is Nc1c(N=Nc2ccc(S(=O)(=O)O)c(Nc3nc(Nc4cccc(S(=O)(=O)O)c4)nc(-[n+]4cccc(C(=O)O)c4)n3)c2)c(S(=O)(=O)O)cc2cc(SOOO)c(N=Nc3ccc4ccccc4c3S(=O)(=O)O)c(O)c12. The number of carboxylic acid groups (broad SMARTS) is 1. The van der Waals surface area contributed by atoms with Gasteiger partial charge in [-0.05, 0) is 87.5 Å². The van der Waals surface area contributed by atoms with Gasteiger partial charge in [0.1, 0.15) is 31.7 Å². The molecule has 0 unspecified atom stereocenters. The Morgan fingerprint density at radius 2 is 1.39 bits per heavy atom. The van der Waals surface area contributed by atoms with Crippen LogP contribution in [0.4, 0.5) is 51.7 Å².